The Labute approximate surface area is 153 Å². The molecule has 0 aliphatic carbocycles. The lowest BCUT2D eigenvalue weighted by molar-refractivity contribution is -0.119. The van der Waals surface area contributed by atoms with Gasteiger partial charge in [-0.2, -0.15) is 0 Å². The number of aromatic nitrogens is 1. The van der Waals surface area contributed by atoms with E-state index in [1.54, 1.807) is 12.3 Å². The topological polar surface area (TPSA) is 42.3 Å². The molecule has 0 bridgehead atoms. The maximum absolute atomic E-state index is 13.0. The first-order chi connectivity index (χ1) is 12.0. The Hall–Kier alpha value is -2.40. The van der Waals surface area contributed by atoms with E-state index >= 15 is 0 Å². The summed E-state index contributed by atoms with van der Waals surface area (Å²) in [6.45, 7) is 2.27. The summed E-state index contributed by atoms with van der Waals surface area (Å²) in [7, 11) is 0. The smallest absolute Gasteiger partial charge is 0.247 e. The summed E-state index contributed by atoms with van der Waals surface area (Å²) < 4.78 is 2.70. The van der Waals surface area contributed by atoms with Gasteiger partial charge < -0.3 is 9.47 Å². The normalized spacial score (nSPS) is 16.2. The molecule has 0 saturated carbocycles. The van der Waals surface area contributed by atoms with Gasteiger partial charge in [-0.05, 0) is 43.2 Å². The monoisotopic (exact) mass is 396 g/mol. The zero-order chi connectivity index (χ0) is 17.6. The quantitative estimate of drug-likeness (QED) is 0.661. The fourth-order valence-corrected chi connectivity index (χ4v) is 3.95. The van der Waals surface area contributed by atoms with Gasteiger partial charge in [0.25, 0.3) is 0 Å². The predicted octanol–water partition coefficient (Wildman–Crippen LogP) is 3.74. The van der Waals surface area contributed by atoms with Crippen LogP contribution in [0.5, 0.6) is 0 Å². The van der Waals surface area contributed by atoms with Crippen LogP contribution in [0, 0.1) is 0 Å². The molecule has 0 N–H and O–H groups in total. The maximum atomic E-state index is 13.0. The van der Waals surface area contributed by atoms with E-state index in [-0.39, 0.29) is 23.9 Å². The van der Waals surface area contributed by atoms with E-state index in [2.05, 4.69) is 28.9 Å². The third-order valence-corrected chi connectivity index (χ3v) is 5.21. The van der Waals surface area contributed by atoms with Crippen LogP contribution in [0.2, 0.25) is 0 Å². The Kier molecular flexibility index (Phi) is 3.96. The van der Waals surface area contributed by atoms with Gasteiger partial charge in [0.05, 0.1) is 5.52 Å². The van der Waals surface area contributed by atoms with Gasteiger partial charge >= 0.3 is 0 Å². The molecule has 2 aromatic carbocycles. The number of benzene rings is 2. The number of rotatable bonds is 2. The van der Waals surface area contributed by atoms with Gasteiger partial charge in [-0.15, -0.1) is 0 Å². The fraction of sp³-hybridized carbons (Fsp3) is 0.200. The molecule has 5 heteroatoms. The van der Waals surface area contributed by atoms with Crippen molar-refractivity contribution in [2.75, 3.05) is 4.90 Å². The van der Waals surface area contributed by atoms with Gasteiger partial charge in [0.1, 0.15) is 6.54 Å². The molecule has 25 heavy (non-hydrogen) atoms. The van der Waals surface area contributed by atoms with Crippen LogP contribution in [0.3, 0.4) is 0 Å². The molecule has 0 unspecified atom stereocenters. The summed E-state index contributed by atoms with van der Waals surface area (Å²) in [4.78, 5) is 27.0. The number of carbonyl (C=O) groups is 1. The van der Waals surface area contributed by atoms with E-state index < -0.39 is 0 Å². The van der Waals surface area contributed by atoms with Crippen molar-refractivity contribution >= 4 is 38.4 Å². The lowest BCUT2D eigenvalue weighted by Gasteiger charge is -2.23. The highest BCUT2D eigenvalue weighted by Crippen LogP contribution is 2.32. The molecular weight excluding hydrogens is 380 g/mol. The number of halogens is 1. The second-order valence-electron chi connectivity index (χ2n) is 6.41. The van der Waals surface area contributed by atoms with Crippen LogP contribution in [0.25, 0.3) is 10.9 Å². The second-order valence-corrected chi connectivity index (χ2v) is 7.33. The largest absolute Gasteiger partial charge is 0.338 e. The van der Waals surface area contributed by atoms with E-state index in [0.29, 0.717) is 5.39 Å². The van der Waals surface area contributed by atoms with Crippen LogP contribution in [-0.4, -0.2) is 16.5 Å². The van der Waals surface area contributed by atoms with E-state index in [1.807, 2.05) is 39.8 Å². The van der Waals surface area contributed by atoms with E-state index in [4.69, 9.17) is 0 Å². The Morgan fingerprint density at radius 3 is 2.84 bits per heavy atom. The van der Waals surface area contributed by atoms with Crippen molar-refractivity contribution in [3.05, 3.63) is 75.0 Å². The Morgan fingerprint density at radius 2 is 2.00 bits per heavy atom. The molecule has 0 saturated heterocycles. The highest BCUT2D eigenvalue weighted by molar-refractivity contribution is 9.10. The second kappa shape index (κ2) is 6.15. The number of carbonyl (C=O) groups excluding carboxylic acids is 1. The van der Waals surface area contributed by atoms with Crippen LogP contribution in [0.1, 0.15) is 12.5 Å². The number of hydrogen-bond donors (Lipinski definition) is 0. The number of pyridine rings is 1. The number of fused-ring (bicyclic) bond motifs is 2. The highest BCUT2D eigenvalue weighted by atomic mass is 79.9. The average Bonchev–Trinajstić information content (AvgIpc) is 2.93. The molecule has 1 atom stereocenters. The van der Waals surface area contributed by atoms with Gasteiger partial charge in [0.2, 0.25) is 5.91 Å². The fourth-order valence-electron chi connectivity index (χ4n) is 3.59. The average molecular weight is 397 g/mol. The molecule has 1 aromatic heterocycles. The van der Waals surface area contributed by atoms with Crippen molar-refractivity contribution in [1.82, 2.24) is 4.57 Å². The van der Waals surface area contributed by atoms with Crippen molar-refractivity contribution in [1.29, 1.82) is 0 Å². The molecule has 1 aliphatic heterocycles. The SMILES string of the molecule is C[C@H]1Cc2ccccc2N1C(=O)Cn1ccc(=O)c2cc(Br)ccc21. The van der Waals surface area contributed by atoms with Gasteiger partial charge in [-0.25, -0.2) is 0 Å². The molecule has 1 amide bonds. The first-order valence-corrected chi connectivity index (χ1v) is 9.02. The Morgan fingerprint density at radius 1 is 1.20 bits per heavy atom. The minimum absolute atomic E-state index is 0.0327. The summed E-state index contributed by atoms with van der Waals surface area (Å²) in [5.41, 5.74) is 2.93. The number of hydrogen-bond acceptors (Lipinski definition) is 2. The third kappa shape index (κ3) is 2.78. The molecule has 4 nitrogen and oxygen atoms in total. The van der Waals surface area contributed by atoms with Crippen molar-refractivity contribution in [2.45, 2.75) is 25.9 Å². The van der Waals surface area contributed by atoms with E-state index in [1.165, 1.54) is 11.6 Å². The van der Waals surface area contributed by atoms with Gasteiger partial charge in [-0.3, -0.25) is 9.59 Å². The zero-order valence-electron chi connectivity index (χ0n) is 13.8. The number of amides is 1. The highest BCUT2D eigenvalue weighted by Gasteiger charge is 2.30. The van der Waals surface area contributed by atoms with Gasteiger partial charge in [-0.1, -0.05) is 34.1 Å². The van der Waals surface area contributed by atoms with Crippen molar-refractivity contribution in [3.63, 3.8) is 0 Å². The van der Waals surface area contributed by atoms with Crippen LogP contribution in [0.15, 0.2) is 64.0 Å². The minimum atomic E-state index is -0.0418. The minimum Gasteiger partial charge on any atom is -0.338 e. The molecule has 1 aliphatic rings. The molecular formula is C20H17BrN2O2. The maximum Gasteiger partial charge on any atom is 0.247 e. The van der Waals surface area contributed by atoms with Gasteiger partial charge in [0, 0.05) is 33.9 Å². The summed E-state index contributed by atoms with van der Waals surface area (Å²) in [5, 5.41) is 0.611. The molecule has 0 spiro atoms. The molecule has 0 fully saturated rings. The molecule has 2 heterocycles. The lowest BCUT2D eigenvalue weighted by atomic mass is 10.1. The first kappa shape index (κ1) is 16.1. The number of anilines is 1. The van der Waals surface area contributed by atoms with Gasteiger partial charge in [0.15, 0.2) is 5.43 Å². The van der Waals surface area contributed by atoms with Crippen LogP contribution < -0.4 is 10.3 Å². The predicted molar refractivity (Wildman–Crippen MR) is 103 cm³/mol. The van der Waals surface area contributed by atoms with E-state index in [9.17, 15) is 9.59 Å². The molecule has 126 valence electrons. The summed E-state index contributed by atoms with van der Waals surface area (Å²) in [5.74, 6) is 0.0327. The number of nitrogens with zero attached hydrogens (tertiary/aromatic N) is 2. The first-order valence-electron chi connectivity index (χ1n) is 8.23. The summed E-state index contributed by atoms with van der Waals surface area (Å²) >= 11 is 3.40. The molecule has 0 radical (unpaired) electrons. The zero-order valence-corrected chi connectivity index (χ0v) is 15.4. The number of para-hydroxylation sites is 1. The van der Waals surface area contributed by atoms with Crippen molar-refractivity contribution < 1.29 is 4.79 Å². The summed E-state index contributed by atoms with van der Waals surface area (Å²) in [6, 6.07) is 15.3. The lowest BCUT2D eigenvalue weighted by Crippen LogP contribution is -2.38. The van der Waals surface area contributed by atoms with Crippen LogP contribution in [-0.2, 0) is 17.8 Å². The Balaban J connectivity index is 1.72. The van der Waals surface area contributed by atoms with E-state index in [0.717, 1.165) is 22.1 Å². The van der Waals surface area contributed by atoms with Crippen molar-refractivity contribution in [3.8, 4) is 0 Å². The summed E-state index contributed by atoms with van der Waals surface area (Å²) in [6.07, 6.45) is 2.57. The Bertz CT molecular complexity index is 1040. The van der Waals surface area contributed by atoms with Crippen LogP contribution in [0.4, 0.5) is 5.69 Å². The molecule has 4 rings (SSSR count). The molecule has 3 aromatic rings. The third-order valence-electron chi connectivity index (χ3n) is 4.72. The van der Waals surface area contributed by atoms with Crippen molar-refractivity contribution in [2.24, 2.45) is 0 Å². The standard InChI is InChI=1S/C20H17BrN2O2/c1-13-10-14-4-2-3-5-17(14)23(13)20(25)12-22-9-8-19(24)16-11-15(21)6-7-18(16)22/h2-9,11,13H,10,12H2,1H3/t13-/m0/s1. The van der Waals surface area contributed by atoms with Crippen LogP contribution >= 0.6 is 15.9 Å².